The summed E-state index contributed by atoms with van der Waals surface area (Å²) in [6, 6.07) is 9.81. The monoisotopic (exact) mass is 464 g/mol. The largest absolute Gasteiger partial charge is 0.312 e. The number of fused-ring (bicyclic) bond motifs is 1. The number of hydrogen-bond donors (Lipinski definition) is 1. The lowest BCUT2D eigenvalue weighted by Crippen LogP contribution is -2.26. The number of carbonyl (C=O) groups is 1. The molecule has 0 spiro atoms. The van der Waals surface area contributed by atoms with Crippen molar-refractivity contribution >= 4 is 44.8 Å². The highest BCUT2D eigenvalue weighted by molar-refractivity contribution is 14.1. The molecule has 5 heteroatoms. The van der Waals surface area contributed by atoms with Gasteiger partial charge >= 0.3 is 0 Å². The first kappa shape index (κ1) is 18.4. The standard InChI is InChI=1S/C20H21IN2OS/c1-20(2,3)12-8-9-13-15(11-22)19(25-17(13)10-12)23-18(24)14-6-4-5-7-16(14)21/h4-7,12H,8-10H2,1-3H3,(H,23,24). The third kappa shape index (κ3) is 3.75. The number of amides is 1. The highest BCUT2D eigenvalue weighted by atomic mass is 127. The maximum atomic E-state index is 12.6. The van der Waals surface area contributed by atoms with E-state index in [1.54, 1.807) is 11.3 Å². The highest BCUT2D eigenvalue weighted by Crippen LogP contribution is 2.44. The minimum absolute atomic E-state index is 0.146. The summed E-state index contributed by atoms with van der Waals surface area (Å²) in [5.41, 5.74) is 2.71. The lowest BCUT2D eigenvalue weighted by Gasteiger charge is -2.33. The molecular weight excluding hydrogens is 443 g/mol. The minimum atomic E-state index is -0.146. The summed E-state index contributed by atoms with van der Waals surface area (Å²) >= 11 is 3.74. The van der Waals surface area contributed by atoms with Crippen molar-refractivity contribution in [2.75, 3.05) is 5.32 Å². The van der Waals surface area contributed by atoms with Gasteiger partial charge in [-0.2, -0.15) is 5.26 Å². The molecule has 1 aromatic heterocycles. The molecule has 1 aliphatic carbocycles. The van der Waals surface area contributed by atoms with Crippen molar-refractivity contribution in [2.45, 2.75) is 40.0 Å². The summed E-state index contributed by atoms with van der Waals surface area (Å²) in [6.45, 7) is 6.84. The molecule has 0 radical (unpaired) electrons. The van der Waals surface area contributed by atoms with Crippen LogP contribution in [-0.4, -0.2) is 5.91 Å². The minimum Gasteiger partial charge on any atom is -0.312 e. The molecule has 1 amide bonds. The van der Waals surface area contributed by atoms with Crippen LogP contribution in [0.5, 0.6) is 0 Å². The first-order chi connectivity index (χ1) is 11.8. The van der Waals surface area contributed by atoms with E-state index in [-0.39, 0.29) is 11.3 Å². The van der Waals surface area contributed by atoms with E-state index in [4.69, 9.17) is 0 Å². The molecule has 1 aliphatic rings. The molecule has 130 valence electrons. The van der Waals surface area contributed by atoms with Crippen molar-refractivity contribution in [2.24, 2.45) is 11.3 Å². The van der Waals surface area contributed by atoms with Crippen LogP contribution in [0, 0.1) is 26.2 Å². The van der Waals surface area contributed by atoms with Crippen molar-refractivity contribution in [3.8, 4) is 6.07 Å². The van der Waals surface area contributed by atoms with Crippen LogP contribution in [0.2, 0.25) is 0 Å². The molecule has 1 unspecified atom stereocenters. The van der Waals surface area contributed by atoms with E-state index < -0.39 is 0 Å². The number of rotatable bonds is 2. The van der Waals surface area contributed by atoms with Gasteiger partial charge in [0.25, 0.3) is 5.91 Å². The van der Waals surface area contributed by atoms with Crippen molar-refractivity contribution in [1.29, 1.82) is 5.26 Å². The van der Waals surface area contributed by atoms with Crippen LogP contribution < -0.4 is 5.32 Å². The van der Waals surface area contributed by atoms with Gasteiger partial charge in [0.1, 0.15) is 11.1 Å². The van der Waals surface area contributed by atoms with Crippen LogP contribution >= 0.6 is 33.9 Å². The van der Waals surface area contributed by atoms with Crippen LogP contribution in [0.4, 0.5) is 5.00 Å². The van der Waals surface area contributed by atoms with Crippen molar-refractivity contribution in [3.63, 3.8) is 0 Å². The number of nitriles is 1. The second kappa shape index (κ2) is 7.08. The van der Waals surface area contributed by atoms with Gasteiger partial charge in [0, 0.05) is 8.45 Å². The Labute approximate surface area is 166 Å². The molecule has 1 N–H and O–H groups in total. The molecule has 0 aliphatic heterocycles. The molecule has 1 aromatic carbocycles. The number of nitrogens with zero attached hydrogens (tertiary/aromatic N) is 1. The smallest absolute Gasteiger partial charge is 0.257 e. The number of anilines is 1. The Balaban J connectivity index is 1.89. The maximum absolute atomic E-state index is 12.6. The van der Waals surface area contributed by atoms with E-state index >= 15 is 0 Å². The fraction of sp³-hybridized carbons (Fsp3) is 0.400. The van der Waals surface area contributed by atoms with Gasteiger partial charge in [0.05, 0.1) is 11.1 Å². The number of halogens is 1. The van der Waals surface area contributed by atoms with Gasteiger partial charge in [-0.15, -0.1) is 11.3 Å². The second-order valence-electron chi connectivity index (χ2n) is 7.56. The fourth-order valence-electron chi connectivity index (χ4n) is 3.35. The normalized spacial score (nSPS) is 16.8. The maximum Gasteiger partial charge on any atom is 0.257 e. The summed E-state index contributed by atoms with van der Waals surface area (Å²) in [4.78, 5) is 13.9. The molecule has 0 saturated heterocycles. The summed E-state index contributed by atoms with van der Waals surface area (Å²) < 4.78 is 0.908. The van der Waals surface area contributed by atoms with Crippen molar-refractivity contribution in [3.05, 3.63) is 49.4 Å². The van der Waals surface area contributed by atoms with Gasteiger partial charge < -0.3 is 5.32 Å². The van der Waals surface area contributed by atoms with Crippen LogP contribution in [0.3, 0.4) is 0 Å². The molecule has 2 aromatic rings. The Morgan fingerprint density at radius 3 is 2.72 bits per heavy atom. The molecule has 25 heavy (non-hydrogen) atoms. The van der Waals surface area contributed by atoms with Crippen molar-refractivity contribution in [1.82, 2.24) is 0 Å². The fourth-order valence-corrected chi connectivity index (χ4v) is 5.25. The Kier molecular flexibility index (Phi) is 5.21. The predicted octanol–water partition coefficient (Wildman–Crippen LogP) is 5.63. The summed E-state index contributed by atoms with van der Waals surface area (Å²) in [6.07, 6.45) is 3.03. The molecule has 0 bridgehead atoms. The lowest BCUT2D eigenvalue weighted by atomic mass is 9.72. The van der Waals surface area contributed by atoms with Crippen molar-refractivity contribution < 1.29 is 4.79 Å². The third-order valence-electron chi connectivity index (χ3n) is 4.95. The third-order valence-corrected chi connectivity index (χ3v) is 7.06. The van der Waals surface area contributed by atoms with E-state index in [1.165, 1.54) is 4.88 Å². The summed E-state index contributed by atoms with van der Waals surface area (Å²) in [7, 11) is 0. The van der Waals surface area contributed by atoms with E-state index in [0.29, 0.717) is 22.0 Å². The van der Waals surface area contributed by atoms with E-state index in [1.807, 2.05) is 24.3 Å². The van der Waals surface area contributed by atoms with Gasteiger partial charge in [-0.3, -0.25) is 4.79 Å². The van der Waals surface area contributed by atoms with Crippen LogP contribution in [-0.2, 0) is 12.8 Å². The van der Waals surface area contributed by atoms with E-state index in [0.717, 1.165) is 28.4 Å². The lowest BCUT2D eigenvalue weighted by molar-refractivity contribution is 0.102. The first-order valence-corrected chi connectivity index (χ1v) is 10.3. The molecule has 0 fully saturated rings. The van der Waals surface area contributed by atoms with Gasteiger partial charge in [-0.05, 0) is 70.9 Å². The Morgan fingerprint density at radius 2 is 2.08 bits per heavy atom. The molecule has 3 rings (SSSR count). The first-order valence-electron chi connectivity index (χ1n) is 8.41. The van der Waals surface area contributed by atoms with E-state index in [9.17, 15) is 10.1 Å². The average molecular weight is 464 g/mol. The molecule has 0 saturated carbocycles. The number of carbonyl (C=O) groups excluding carboxylic acids is 1. The molecule has 1 heterocycles. The SMILES string of the molecule is CC(C)(C)C1CCc2c(sc(NC(=O)c3ccccc3I)c2C#N)C1. The van der Waals surface area contributed by atoms with Gasteiger partial charge in [0.2, 0.25) is 0 Å². The predicted molar refractivity (Wildman–Crippen MR) is 111 cm³/mol. The number of thiophene rings is 1. The molecular formula is C20H21IN2OS. The Bertz CT molecular complexity index is 858. The van der Waals surface area contributed by atoms with Crippen LogP contribution in [0.25, 0.3) is 0 Å². The van der Waals surface area contributed by atoms with Crippen LogP contribution in [0.1, 0.15) is 53.6 Å². The summed E-state index contributed by atoms with van der Waals surface area (Å²) in [5, 5.41) is 13.3. The average Bonchev–Trinajstić information content (AvgIpc) is 2.90. The number of benzene rings is 1. The second-order valence-corrected chi connectivity index (χ2v) is 9.83. The van der Waals surface area contributed by atoms with Gasteiger partial charge in [-0.1, -0.05) is 32.9 Å². The number of nitrogens with one attached hydrogen (secondary N) is 1. The summed E-state index contributed by atoms with van der Waals surface area (Å²) in [5.74, 6) is 0.469. The molecule has 1 atom stereocenters. The van der Waals surface area contributed by atoms with Gasteiger partial charge in [-0.25, -0.2) is 0 Å². The zero-order chi connectivity index (χ0) is 18.2. The Morgan fingerprint density at radius 1 is 1.36 bits per heavy atom. The topological polar surface area (TPSA) is 52.9 Å². The molecule has 3 nitrogen and oxygen atoms in total. The quantitative estimate of drug-likeness (QED) is 0.586. The van der Waals surface area contributed by atoms with E-state index in [2.05, 4.69) is 54.7 Å². The highest BCUT2D eigenvalue weighted by Gasteiger charge is 2.32. The zero-order valence-electron chi connectivity index (χ0n) is 14.6. The Hall–Kier alpha value is -1.39. The van der Waals surface area contributed by atoms with Gasteiger partial charge in [0.15, 0.2) is 0 Å². The van der Waals surface area contributed by atoms with Crippen LogP contribution in [0.15, 0.2) is 24.3 Å². The number of hydrogen-bond acceptors (Lipinski definition) is 3. The zero-order valence-corrected chi connectivity index (χ0v) is 17.6.